The van der Waals surface area contributed by atoms with Gasteiger partial charge in [-0.15, -0.1) is 0 Å². The molecular weight excluding hydrogens is 258 g/mol. The van der Waals surface area contributed by atoms with Gasteiger partial charge in [-0.25, -0.2) is 0 Å². The maximum atomic E-state index is 4.42. The summed E-state index contributed by atoms with van der Waals surface area (Å²) in [7, 11) is 0. The normalized spacial score (nSPS) is 10.9. The maximum Gasteiger partial charge on any atom is 0.0594 e. The van der Waals surface area contributed by atoms with Crippen LogP contribution in [0.4, 0.5) is 5.69 Å². The summed E-state index contributed by atoms with van der Waals surface area (Å²) in [5, 5.41) is 3.45. The Morgan fingerprint density at radius 2 is 1.90 bits per heavy atom. The monoisotopic (exact) mass is 283 g/mol. The van der Waals surface area contributed by atoms with Gasteiger partial charge in [0, 0.05) is 18.4 Å². The molecule has 0 bridgehead atoms. The third-order valence-electron chi connectivity index (χ3n) is 3.67. The predicted octanol–water partition coefficient (Wildman–Crippen LogP) is 3.84. The van der Waals surface area contributed by atoms with Crippen molar-refractivity contribution < 1.29 is 0 Å². The third-order valence-corrected chi connectivity index (χ3v) is 3.67. The first-order valence-corrected chi connectivity index (χ1v) is 7.68. The molecule has 2 aromatic rings. The quantitative estimate of drug-likeness (QED) is 0.836. The minimum absolute atomic E-state index is 0.759. The smallest absolute Gasteiger partial charge is 0.0594 e. The minimum atomic E-state index is 0.759. The number of rotatable bonds is 7. The lowest BCUT2D eigenvalue weighted by Gasteiger charge is -2.18. The first-order valence-electron chi connectivity index (χ1n) is 7.68. The van der Waals surface area contributed by atoms with Crippen molar-refractivity contribution in [3.05, 3.63) is 59.4 Å². The van der Waals surface area contributed by atoms with E-state index in [-0.39, 0.29) is 0 Å². The lowest BCUT2D eigenvalue weighted by Crippen LogP contribution is -2.22. The van der Waals surface area contributed by atoms with Gasteiger partial charge in [0.2, 0.25) is 0 Å². The van der Waals surface area contributed by atoms with E-state index in [1.54, 1.807) is 0 Å². The molecule has 1 N–H and O–H groups in total. The molecule has 3 heteroatoms. The first kappa shape index (κ1) is 15.5. The molecule has 0 aliphatic carbocycles. The Labute approximate surface area is 128 Å². The summed E-state index contributed by atoms with van der Waals surface area (Å²) in [6, 6.07) is 12.8. The summed E-state index contributed by atoms with van der Waals surface area (Å²) in [6.07, 6.45) is 1.91. The minimum Gasteiger partial charge on any atom is -0.379 e. The van der Waals surface area contributed by atoms with Gasteiger partial charge in [-0.2, -0.15) is 0 Å². The molecule has 0 aliphatic rings. The fourth-order valence-electron chi connectivity index (χ4n) is 2.28. The summed E-state index contributed by atoms with van der Waals surface area (Å²) in [5.74, 6) is 0. The zero-order chi connectivity index (χ0) is 15.1. The van der Waals surface area contributed by atoms with Crippen LogP contribution in [-0.4, -0.2) is 23.0 Å². The number of benzene rings is 1. The Morgan fingerprint density at radius 1 is 1.10 bits per heavy atom. The molecule has 1 heterocycles. The first-order chi connectivity index (χ1) is 10.2. The van der Waals surface area contributed by atoms with E-state index in [1.807, 2.05) is 6.20 Å². The van der Waals surface area contributed by atoms with Crippen LogP contribution in [0.3, 0.4) is 0 Å². The molecule has 0 amide bonds. The zero-order valence-electron chi connectivity index (χ0n) is 13.3. The lowest BCUT2D eigenvalue weighted by atomic mass is 10.2. The van der Waals surface area contributed by atoms with Crippen LogP contribution >= 0.6 is 0 Å². The molecule has 21 heavy (non-hydrogen) atoms. The number of pyridine rings is 1. The van der Waals surface area contributed by atoms with Crippen molar-refractivity contribution in [1.82, 2.24) is 9.88 Å². The van der Waals surface area contributed by atoms with Gasteiger partial charge in [-0.3, -0.25) is 9.88 Å². The molecule has 112 valence electrons. The molecule has 0 unspecified atom stereocenters. The summed E-state index contributed by atoms with van der Waals surface area (Å²) in [6.45, 7) is 10.4. The van der Waals surface area contributed by atoms with Crippen LogP contribution in [0, 0.1) is 6.92 Å². The number of aromatic nitrogens is 1. The van der Waals surface area contributed by atoms with Crippen LogP contribution in [0.25, 0.3) is 0 Å². The second-order valence-electron chi connectivity index (χ2n) is 5.34. The van der Waals surface area contributed by atoms with E-state index in [1.165, 1.54) is 11.1 Å². The topological polar surface area (TPSA) is 28.2 Å². The molecule has 1 aromatic heterocycles. The predicted molar refractivity (Wildman–Crippen MR) is 89.4 cm³/mol. The van der Waals surface area contributed by atoms with E-state index in [0.717, 1.165) is 37.6 Å². The van der Waals surface area contributed by atoms with Crippen LogP contribution in [-0.2, 0) is 13.1 Å². The van der Waals surface area contributed by atoms with Gasteiger partial charge in [0.05, 0.1) is 12.2 Å². The Hall–Kier alpha value is -1.87. The highest BCUT2D eigenvalue weighted by atomic mass is 15.1. The molecular formula is C18H25N3. The van der Waals surface area contributed by atoms with Gasteiger partial charge < -0.3 is 5.32 Å². The van der Waals surface area contributed by atoms with Crippen molar-refractivity contribution in [1.29, 1.82) is 0 Å². The highest BCUT2D eigenvalue weighted by Gasteiger charge is 2.02. The fraction of sp³-hybridized carbons (Fsp3) is 0.389. The van der Waals surface area contributed by atoms with Crippen molar-refractivity contribution in [2.45, 2.75) is 33.9 Å². The molecule has 0 fully saturated rings. The molecule has 1 aromatic carbocycles. The molecule has 2 rings (SSSR count). The average Bonchev–Trinajstić information content (AvgIpc) is 2.52. The summed E-state index contributed by atoms with van der Waals surface area (Å²) in [4.78, 5) is 6.84. The van der Waals surface area contributed by atoms with Crippen molar-refractivity contribution in [2.75, 3.05) is 18.4 Å². The highest BCUT2D eigenvalue weighted by Crippen LogP contribution is 2.13. The van der Waals surface area contributed by atoms with E-state index in [0.29, 0.717) is 0 Å². The van der Waals surface area contributed by atoms with Gasteiger partial charge in [-0.05, 0) is 49.3 Å². The number of anilines is 1. The largest absolute Gasteiger partial charge is 0.379 e. The fourth-order valence-corrected chi connectivity index (χ4v) is 2.28. The summed E-state index contributed by atoms with van der Waals surface area (Å²) < 4.78 is 0. The third kappa shape index (κ3) is 4.87. The maximum absolute atomic E-state index is 4.42. The number of nitrogens with one attached hydrogen (secondary N) is 1. The van der Waals surface area contributed by atoms with Crippen molar-refractivity contribution >= 4 is 5.69 Å². The van der Waals surface area contributed by atoms with Crippen LogP contribution in [0.2, 0.25) is 0 Å². The summed E-state index contributed by atoms with van der Waals surface area (Å²) in [5.41, 5.74) is 4.76. The standard InChI is InChI=1S/C18H25N3/c1-4-21(5-2)14-16-7-6-8-17(11-16)20-13-18-10-9-15(3)12-19-18/h6-12,20H,4-5,13-14H2,1-3H3. The second kappa shape index (κ2) is 7.79. The second-order valence-corrected chi connectivity index (χ2v) is 5.34. The molecule has 0 radical (unpaired) electrons. The van der Waals surface area contributed by atoms with Crippen LogP contribution in [0.1, 0.15) is 30.7 Å². The highest BCUT2D eigenvalue weighted by molar-refractivity contribution is 5.46. The van der Waals surface area contributed by atoms with Gasteiger partial charge in [0.1, 0.15) is 0 Å². The molecule has 0 spiro atoms. The van der Waals surface area contributed by atoms with Gasteiger partial charge in [0.15, 0.2) is 0 Å². The molecule has 0 atom stereocenters. The van der Waals surface area contributed by atoms with Gasteiger partial charge in [-0.1, -0.05) is 32.0 Å². The number of hydrogen-bond acceptors (Lipinski definition) is 3. The van der Waals surface area contributed by atoms with E-state index in [9.17, 15) is 0 Å². The van der Waals surface area contributed by atoms with Crippen molar-refractivity contribution in [3.8, 4) is 0 Å². The zero-order valence-corrected chi connectivity index (χ0v) is 13.3. The Balaban J connectivity index is 1.95. The van der Waals surface area contributed by atoms with E-state index in [4.69, 9.17) is 0 Å². The SMILES string of the molecule is CCN(CC)Cc1cccc(NCc2ccc(C)cn2)c1. The average molecular weight is 283 g/mol. The molecule has 3 nitrogen and oxygen atoms in total. The van der Waals surface area contributed by atoms with Gasteiger partial charge in [0.25, 0.3) is 0 Å². The number of aryl methyl sites for hydroxylation is 1. The van der Waals surface area contributed by atoms with E-state index in [2.05, 4.69) is 72.4 Å². The Kier molecular flexibility index (Phi) is 5.76. The van der Waals surface area contributed by atoms with Crippen molar-refractivity contribution in [3.63, 3.8) is 0 Å². The summed E-state index contributed by atoms with van der Waals surface area (Å²) >= 11 is 0. The number of hydrogen-bond donors (Lipinski definition) is 1. The van der Waals surface area contributed by atoms with Crippen LogP contribution in [0.5, 0.6) is 0 Å². The van der Waals surface area contributed by atoms with Crippen molar-refractivity contribution in [2.24, 2.45) is 0 Å². The number of nitrogens with zero attached hydrogens (tertiary/aromatic N) is 2. The lowest BCUT2D eigenvalue weighted by molar-refractivity contribution is 0.296. The Bertz CT molecular complexity index is 545. The van der Waals surface area contributed by atoms with Crippen LogP contribution < -0.4 is 5.32 Å². The van der Waals surface area contributed by atoms with E-state index >= 15 is 0 Å². The Morgan fingerprint density at radius 3 is 2.57 bits per heavy atom. The van der Waals surface area contributed by atoms with Gasteiger partial charge >= 0.3 is 0 Å². The molecule has 0 aliphatic heterocycles. The molecule has 0 saturated carbocycles. The van der Waals surface area contributed by atoms with E-state index < -0.39 is 0 Å². The molecule has 0 saturated heterocycles. The van der Waals surface area contributed by atoms with Crippen LogP contribution in [0.15, 0.2) is 42.6 Å².